The Morgan fingerprint density at radius 2 is 2.03 bits per heavy atom. The number of nitrogens with one attached hydrogen (secondary N) is 2. The fraction of sp³-hybridized carbons (Fsp3) is 0.143. The number of benzene rings is 1. The first-order chi connectivity index (χ1) is 16.3. The Morgan fingerprint density at radius 1 is 1.21 bits per heavy atom. The molecule has 4 aromatic heterocycles. The van der Waals surface area contributed by atoms with Crippen LogP contribution in [0.1, 0.15) is 24.5 Å². The van der Waals surface area contributed by atoms with Crippen LogP contribution >= 0.6 is 0 Å². The highest BCUT2D eigenvalue weighted by Gasteiger charge is 2.23. The number of rotatable bonds is 5. The van der Waals surface area contributed by atoms with Crippen molar-refractivity contribution >= 4 is 22.4 Å². The Kier molecular flexibility index (Phi) is 5.00. The van der Waals surface area contributed by atoms with Crippen molar-refractivity contribution in [1.29, 1.82) is 0 Å². The van der Waals surface area contributed by atoms with E-state index in [1.807, 2.05) is 0 Å². The molecule has 0 aliphatic rings. The molecule has 0 saturated carbocycles. The van der Waals surface area contributed by atoms with Gasteiger partial charge in [-0.15, -0.1) is 0 Å². The summed E-state index contributed by atoms with van der Waals surface area (Å²) in [6, 6.07) is 6.02. The molecule has 0 spiro atoms. The maximum atomic E-state index is 13.9. The summed E-state index contributed by atoms with van der Waals surface area (Å²) in [5.41, 5.74) is 6.17. The van der Waals surface area contributed by atoms with Crippen LogP contribution in [0.15, 0.2) is 46.0 Å². The van der Waals surface area contributed by atoms with Gasteiger partial charge >= 0.3 is 0 Å². The van der Waals surface area contributed by atoms with Gasteiger partial charge < -0.3 is 15.6 Å². The Bertz CT molecular complexity index is 1590. The molecule has 172 valence electrons. The number of nitrogen functional groups attached to an aromatic ring is 1. The normalized spacial score (nSPS) is 12.2. The minimum absolute atomic E-state index is 0.00672. The molecule has 1 atom stereocenters. The average Bonchev–Trinajstić information content (AvgIpc) is 3.42. The monoisotopic (exact) mass is 465 g/mol. The van der Waals surface area contributed by atoms with Crippen molar-refractivity contribution in [3.8, 4) is 17.3 Å². The third kappa shape index (κ3) is 3.62. The largest absolute Gasteiger partial charge is 0.383 e. The van der Waals surface area contributed by atoms with E-state index in [4.69, 9.17) is 10.3 Å². The van der Waals surface area contributed by atoms with Crippen LogP contribution in [0.4, 0.5) is 20.4 Å². The van der Waals surface area contributed by atoms with E-state index in [0.717, 1.165) is 12.1 Å². The first-order valence-electron chi connectivity index (χ1n) is 10.1. The average molecular weight is 465 g/mol. The molecule has 4 N–H and O–H groups in total. The highest BCUT2D eigenvalue weighted by Crippen LogP contribution is 2.32. The van der Waals surface area contributed by atoms with Gasteiger partial charge in [0.2, 0.25) is 5.95 Å². The lowest BCUT2D eigenvalue weighted by Gasteiger charge is -2.21. The quantitative estimate of drug-likeness (QED) is 0.355. The fourth-order valence-corrected chi connectivity index (χ4v) is 3.66. The number of anilines is 2. The topological polar surface area (TPSA) is 153 Å². The van der Waals surface area contributed by atoms with Crippen molar-refractivity contribution in [3.63, 3.8) is 0 Å². The molecule has 1 unspecified atom stereocenters. The van der Waals surface area contributed by atoms with Crippen molar-refractivity contribution in [2.24, 2.45) is 0 Å². The minimum Gasteiger partial charge on any atom is -0.383 e. The Morgan fingerprint density at radius 3 is 2.74 bits per heavy atom. The standard InChI is InChI=1S/C21H17F2N9O2/c1-9(27-19-17(18(24)25-8-26-19)20-28-10(2)31-34-20)14-5-11-3-4-12(22)6-13(11)21(33)32(14)16-7-15(23)29-30-16/h3-9H,1-2H3,(H,29,30)(H3,24,25,26,27). The fourth-order valence-electron chi connectivity index (χ4n) is 3.66. The second kappa shape index (κ2) is 8.03. The molecule has 0 aliphatic heterocycles. The summed E-state index contributed by atoms with van der Waals surface area (Å²) in [5.74, 6) is -0.402. The van der Waals surface area contributed by atoms with E-state index >= 15 is 0 Å². The Balaban J connectivity index is 1.66. The van der Waals surface area contributed by atoms with Gasteiger partial charge in [-0.25, -0.2) is 14.4 Å². The van der Waals surface area contributed by atoms with Crippen LogP contribution in [0.5, 0.6) is 0 Å². The Hall–Kier alpha value is -4.68. The molecule has 0 aliphatic carbocycles. The second-order valence-corrected chi connectivity index (χ2v) is 7.51. The molecule has 5 rings (SSSR count). The maximum absolute atomic E-state index is 13.9. The van der Waals surface area contributed by atoms with Crippen LogP contribution in [0.25, 0.3) is 28.0 Å². The van der Waals surface area contributed by atoms with Crippen LogP contribution in [-0.4, -0.2) is 34.9 Å². The molecule has 0 bridgehead atoms. The van der Waals surface area contributed by atoms with E-state index in [2.05, 4.69) is 35.6 Å². The zero-order valence-corrected chi connectivity index (χ0v) is 17.9. The number of aryl methyl sites for hydroxylation is 1. The Labute approximate surface area is 189 Å². The van der Waals surface area contributed by atoms with Gasteiger partial charge in [0.05, 0.1) is 17.1 Å². The lowest BCUT2D eigenvalue weighted by atomic mass is 10.1. The van der Waals surface area contributed by atoms with Gasteiger partial charge in [-0.2, -0.15) is 14.5 Å². The molecule has 0 amide bonds. The van der Waals surface area contributed by atoms with Gasteiger partial charge in [0.1, 0.15) is 29.3 Å². The highest BCUT2D eigenvalue weighted by atomic mass is 19.1. The smallest absolute Gasteiger partial charge is 0.265 e. The first kappa shape index (κ1) is 21.2. The van der Waals surface area contributed by atoms with Crippen molar-refractivity contribution in [3.05, 3.63) is 70.3 Å². The number of aromatic nitrogens is 7. The number of aromatic amines is 1. The zero-order valence-electron chi connectivity index (χ0n) is 17.9. The van der Waals surface area contributed by atoms with Crippen molar-refractivity contribution in [2.75, 3.05) is 11.1 Å². The molecule has 0 saturated heterocycles. The number of halogens is 2. The predicted octanol–water partition coefficient (Wildman–Crippen LogP) is 2.90. The summed E-state index contributed by atoms with van der Waals surface area (Å²) in [6.45, 7) is 3.41. The summed E-state index contributed by atoms with van der Waals surface area (Å²) in [5, 5.41) is 13.6. The number of pyridine rings is 1. The maximum Gasteiger partial charge on any atom is 0.265 e. The van der Waals surface area contributed by atoms with Crippen LogP contribution in [0.3, 0.4) is 0 Å². The highest BCUT2D eigenvalue weighted by molar-refractivity contribution is 5.83. The van der Waals surface area contributed by atoms with E-state index in [1.165, 1.54) is 23.0 Å². The molecule has 4 heterocycles. The number of fused-ring (bicyclic) bond motifs is 1. The number of hydrogen-bond acceptors (Lipinski definition) is 9. The van der Waals surface area contributed by atoms with Gasteiger partial charge in [0.25, 0.3) is 11.4 Å². The number of hydrogen-bond donors (Lipinski definition) is 3. The molecule has 11 nitrogen and oxygen atoms in total. The SMILES string of the molecule is Cc1noc(-c2c(N)ncnc2NC(C)c2cc3ccc(F)cc3c(=O)n2-c2cc(F)[nH]n2)n1. The number of H-pyrrole nitrogens is 1. The molecule has 34 heavy (non-hydrogen) atoms. The summed E-state index contributed by atoms with van der Waals surface area (Å²) in [4.78, 5) is 25.7. The van der Waals surface area contributed by atoms with Crippen molar-refractivity contribution in [1.82, 2.24) is 34.9 Å². The van der Waals surface area contributed by atoms with Crippen LogP contribution in [-0.2, 0) is 0 Å². The second-order valence-electron chi connectivity index (χ2n) is 7.51. The number of nitrogens with two attached hydrogens (primary N) is 1. The lowest BCUT2D eigenvalue weighted by molar-refractivity contribution is 0.425. The van der Waals surface area contributed by atoms with Gasteiger partial charge in [-0.05, 0) is 37.4 Å². The molecule has 1 aromatic carbocycles. The van der Waals surface area contributed by atoms with E-state index in [1.54, 1.807) is 19.9 Å². The minimum atomic E-state index is -0.731. The van der Waals surface area contributed by atoms with Crippen LogP contribution in [0, 0.1) is 18.7 Å². The molecule has 0 radical (unpaired) electrons. The third-order valence-electron chi connectivity index (χ3n) is 5.19. The molecule has 5 aromatic rings. The molecule has 13 heteroatoms. The van der Waals surface area contributed by atoms with Gasteiger partial charge in [-0.1, -0.05) is 11.2 Å². The van der Waals surface area contributed by atoms with E-state index in [-0.39, 0.29) is 34.3 Å². The first-order valence-corrected chi connectivity index (χ1v) is 10.1. The van der Waals surface area contributed by atoms with Crippen LogP contribution in [0.2, 0.25) is 0 Å². The van der Waals surface area contributed by atoms with Crippen LogP contribution < -0.4 is 16.6 Å². The van der Waals surface area contributed by atoms with E-state index in [0.29, 0.717) is 16.9 Å². The van der Waals surface area contributed by atoms with E-state index in [9.17, 15) is 13.6 Å². The van der Waals surface area contributed by atoms with Crippen molar-refractivity contribution in [2.45, 2.75) is 19.9 Å². The third-order valence-corrected chi connectivity index (χ3v) is 5.19. The van der Waals surface area contributed by atoms with Gasteiger partial charge in [0, 0.05) is 6.07 Å². The summed E-state index contributed by atoms with van der Waals surface area (Å²) in [6.07, 6.45) is 1.26. The van der Waals surface area contributed by atoms with Crippen molar-refractivity contribution < 1.29 is 13.3 Å². The summed E-state index contributed by atoms with van der Waals surface area (Å²) >= 11 is 0. The lowest BCUT2D eigenvalue weighted by Crippen LogP contribution is -2.26. The molecular weight excluding hydrogens is 448 g/mol. The molecule has 0 fully saturated rings. The zero-order chi connectivity index (χ0) is 24.0. The van der Waals surface area contributed by atoms with E-state index < -0.39 is 23.4 Å². The summed E-state index contributed by atoms with van der Waals surface area (Å²) in [7, 11) is 0. The number of nitrogens with zero attached hydrogens (tertiary/aromatic N) is 6. The summed E-state index contributed by atoms with van der Waals surface area (Å²) < 4.78 is 34.0. The predicted molar refractivity (Wildman–Crippen MR) is 118 cm³/mol. The van der Waals surface area contributed by atoms with Gasteiger partial charge in [0.15, 0.2) is 11.6 Å². The molecular formula is C21H17F2N9O2. The van der Waals surface area contributed by atoms with Gasteiger partial charge in [-0.3, -0.25) is 14.5 Å².